The number of rotatable bonds is 3. The molecule has 0 aliphatic rings. The standard InChI is InChI=1S/C17H14BrN/c18-16-7-3-4-13(10-16)12-19-17-9-8-14-5-1-2-6-15(14)11-17/h1-11,19H,12H2. The smallest absolute Gasteiger partial charge is 0.0401 e. The van der Waals surface area contributed by atoms with E-state index in [4.69, 9.17) is 0 Å². The summed E-state index contributed by atoms with van der Waals surface area (Å²) in [5.74, 6) is 0. The van der Waals surface area contributed by atoms with E-state index in [2.05, 4.69) is 81.9 Å². The minimum absolute atomic E-state index is 0.831. The molecule has 0 aliphatic carbocycles. The molecule has 0 aliphatic heterocycles. The molecule has 19 heavy (non-hydrogen) atoms. The van der Waals surface area contributed by atoms with Crippen LogP contribution in [0, 0.1) is 0 Å². The van der Waals surface area contributed by atoms with E-state index in [9.17, 15) is 0 Å². The van der Waals surface area contributed by atoms with E-state index >= 15 is 0 Å². The van der Waals surface area contributed by atoms with Crippen molar-refractivity contribution in [3.8, 4) is 0 Å². The van der Waals surface area contributed by atoms with Gasteiger partial charge in [-0.2, -0.15) is 0 Å². The Balaban J connectivity index is 1.78. The van der Waals surface area contributed by atoms with Gasteiger partial charge in [0.15, 0.2) is 0 Å². The zero-order valence-electron chi connectivity index (χ0n) is 10.4. The highest BCUT2D eigenvalue weighted by molar-refractivity contribution is 9.10. The maximum Gasteiger partial charge on any atom is 0.0401 e. The van der Waals surface area contributed by atoms with Crippen LogP contribution in [0.5, 0.6) is 0 Å². The first kappa shape index (κ1) is 12.2. The van der Waals surface area contributed by atoms with Crippen molar-refractivity contribution >= 4 is 32.4 Å². The molecule has 3 aromatic rings. The lowest BCUT2D eigenvalue weighted by molar-refractivity contribution is 1.15. The van der Waals surface area contributed by atoms with Gasteiger partial charge in [0.2, 0.25) is 0 Å². The second-order valence-corrected chi connectivity index (χ2v) is 5.46. The van der Waals surface area contributed by atoms with Crippen molar-refractivity contribution in [3.63, 3.8) is 0 Å². The van der Waals surface area contributed by atoms with Crippen molar-refractivity contribution in [2.45, 2.75) is 6.54 Å². The molecule has 0 heterocycles. The lowest BCUT2D eigenvalue weighted by atomic mass is 10.1. The van der Waals surface area contributed by atoms with Gasteiger partial charge in [0.1, 0.15) is 0 Å². The molecule has 2 heteroatoms. The Morgan fingerprint density at radius 3 is 2.47 bits per heavy atom. The van der Waals surface area contributed by atoms with Crippen molar-refractivity contribution < 1.29 is 0 Å². The van der Waals surface area contributed by atoms with Gasteiger partial charge >= 0.3 is 0 Å². The third kappa shape index (κ3) is 2.96. The highest BCUT2D eigenvalue weighted by Crippen LogP contribution is 2.20. The molecule has 0 bridgehead atoms. The van der Waals surface area contributed by atoms with Crippen molar-refractivity contribution in [1.82, 2.24) is 0 Å². The molecular weight excluding hydrogens is 298 g/mol. The van der Waals surface area contributed by atoms with Gasteiger partial charge in [0.25, 0.3) is 0 Å². The molecule has 0 spiro atoms. The minimum Gasteiger partial charge on any atom is -0.381 e. The topological polar surface area (TPSA) is 12.0 Å². The number of halogens is 1. The molecule has 94 valence electrons. The molecule has 3 aromatic carbocycles. The lowest BCUT2D eigenvalue weighted by Crippen LogP contribution is -1.98. The molecule has 0 aromatic heterocycles. The van der Waals surface area contributed by atoms with E-state index in [1.54, 1.807) is 0 Å². The molecule has 0 fully saturated rings. The predicted molar refractivity (Wildman–Crippen MR) is 85.4 cm³/mol. The van der Waals surface area contributed by atoms with Crippen LogP contribution in [-0.4, -0.2) is 0 Å². The molecular formula is C17H14BrN. The normalized spacial score (nSPS) is 10.6. The zero-order valence-corrected chi connectivity index (χ0v) is 12.0. The van der Waals surface area contributed by atoms with E-state index in [0.29, 0.717) is 0 Å². The van der Waals surface area contributed by atoms with Crippen LogP contribution in [0.2, 0.25) is 0 Å². The maximum absolute atomic E-state index is 3.49. The van der Waals surface area contributed by atoms with Gasteiger partial charge in [0.05, 0.1) is 0 Å². The van der Waals surface area contributed by atoms with Crippen LogP contribution in [0.15, 0.2) is 71.2 Å². The van der Waals surface area contributed by atoms with Crippen LogP contribution in [0.25, 0.3) is 10.8 Å². The largest absolute Gasteiger partial charge is 0.381 e. The Hall–Kier alpha value is -1.80. The highest BCUT2D eigenvalue weighted by atomic mass is 79.9. The number of fused-ring (bicyclic) bond motifs is 1. The molecule has 0 radical (unpaired) electrons. The molecule has 0 saturated carbocycles. The number of hydrogen-bond donors (Lipinski definition) is 1. The van der Waals surface area contributed by atoms with Crippen LogP contribution in [0.3, 0.4) is 0 Å². The molecule has 0 amide bonds. The van der Waals surface area contributed by atoms with Crippen molar-refractivity contribution in [2.75, 3.05) is 5.32 Å². The average Bonchev–Trinajstić information content (AvgIpc) is 2.45. The fourth-order valence-electron chi connectivity index (χ4n) is 2.15. The molecule has 1 N–H and O–H groups in total. The first-order valence-corrected chi connectivity index (χ1v) is 7.08. The van der Waals surface area contributed by atoms with E-state index in [-0.39, 0.29) is 0 Å². The summed E-state index contributed by atoms with van der Waals surface area (Å²) in [6.07, 6.45) is 0. The van der Waals surface area contributed by atoms with Crippen molar-refractivity contribution in [1.29, 1.82) is 0 Å². The van der Waals surface area contributed by atoms with Gasteiger partial charge in [-0.1, -0.05) is 58.4 Å². The third-order valence-corrected chi connectivity index (χ3v) is 3.63. The molecule has 0 atom stereocenters. The van der Waals surface area contributed by atoms with Gasteiger partial charge in [-0.15, -0.1) is 0 Å². The van der Waals surface area contributed by atoms with Gasteiger partial charge in [-0.3, -0.25) is 0 Å². The predicted octanol–water partition coefficient (Wildman–Crippen LogP) is 5.21. The first-order valence-electron chi connectivity index (χ1n) is 6.28. The summed E-state index contributed by atoms with van der Waals surface area (Å²) < 4.78 is 1.12. The Kier molecular flexibility index (Phi) is 3.51. The molecule has 1 nitrogen and oxygen atoms in total. The summed E-state index contributed by atoms with van der Waals surface area (Å²) in [5.41, 5.74) is 2.42. The van der Waals surface area contributed by atoms with Crippen molar-refractivity contribution in [2.24, 2.45) is 0 Å². The summed E-state index contributed by atoms with van der Waals surface area (Å²) in [4.78, 5) is 0. The summed E-state index contributed by atoms with van der Waals surface area (Å²) >= 11 is 3.49. The summed E-state index contributed by atoms with van der Waals surface area (Å²) in [6, 6.07) is 23.2. The number of nitrogens with one attached hydrogen (secondary N) is 1. The number of hydrogen-bond acceptors (Lipinski definition) is 1. The van der Waals surface area contributed by atoms with E-state index < -0.39 is 0 Å². The van der Waals surface area contributed by atoms with Crippen LogP contribution in [-0.2, 0) is 6.54 Å². The number of benzene rings is 3. The van der Waals surface area contributed by atoms with Gasteiger partial charge in [-0.25, -0.2) is 0 Å². The van der Waals surface area contributed by atoms with Crippen LogP contribution >= 0.6 is 15.9 Å². The third-order valence-electron chi connectivity index (χ3n) is 3.14. The van der Waals surface area contributed by atoms with Gasteiger partial charge in [-0.05, 0) is 40.6 Å². The average molecular weight is 312 g/mol. The van der Waals surface area contributed by atoms with Crippen LogP contribution < -0.4 is 5.32 Å². The first-order chi connectivity index (χ1) is 9.31. The Labute approximate surface area is 121 Å². The summed E-state index contributed by atoms with van der Waals surface area (Å²) in [6.45, 7) is 0.831. The fraction of sp³-hybridized carbons (Fsp3) is 0.0588. The number of anilines is 1. The Morgan fingerprint density at radius 2 is 1.63 bits per heavy atom. The fourth-order valence-corrected chi connectivity index (χ4v) is 2.60. The Morgan fingerprint density at radius 1 is 0.789 bits per heavy atom. The van der Waals surface area contributed by atoms with Gasteiger partial charge < -0.3 is 5.32 Å². The monoisotopic (exact) mass is 311 g/mol. The molecule has 0 saturated heterocycles. The molecule has 0 unspecified atom stereocenters. The summed E-state index contributed by atoms with van der Waals surface area (Å²) in [7, 11) is 0. The van der Waals surface area contributed by atoms with Crippen LogP contribution in [0.1, 0.15) is 5.56 Å². The van der Waals surface area contributed by atoms with E-state index in [1.807, 2.05) is 6.07 Å². The maximum atomic E-state index is 3.49. The second-order valence-electron chi connectivity index (χ2n) is 4.55. The minimum atomic E-state index is 0.831. The second kappa shape index (κ2) is 5.45. The van der Waals surface area contributed by atoms with Crippen LogP contribution in [0.4, 0.5) is 5.69 Å². The summed E-state index contributed by atoms with van der Waals surface area (Å²) in [5, 5.41) is 6.00. The quantitative estimate of drug-likeness (QED) is 0.699. The van der Waals surface area contributed by atoms with Gasteiger partial charge in [0, 0.05) is 16.7 Å². The SMILES string of the molecule is Brc1cccc(CNc2ccc3ccccc3c2)c1. The Bertz CT molecular complexity index is 706. The van der Waals surface area contributed by atoms with E-state index in [1.165, 1.54) is 16.3 Å². The molecule has 3 rings (SSSR count). The zero-order chi connectivity index (χ0) is 13.1. The highest BCUT2D eigenvalue weighted by Gasteiger charge is 1.97. The van der Waals surface area contributed by atoms with E-state index in [0.717, 1.165) is 16.7 Å². The lowest BCUT2D eigenvalue weighted by Gasteiger charge is -2.08. The van der Waals surface area contributed by atoms with Crippen molar-refractivity contribution in [3.05, 3.63) is 76.8 Å².